The minimum atomic E-state index is -0.329. The van der Waals surface area contributed by atoms with E-state index in [0.29, 0.717) is 5.58 Å². The van der Waals surface area contributed by atoms with E-state index in [1.165, 1.54) is 9.44 Å². The molecule has 19 heavy (non-hydrogen) atoms. The third-order valence-corrected chi connectivity index (χ3v) is 4.20. The Morgan fingerprint density at radius 2 is 2.21 bits per heavy atom. The summed E-state index contributed by atoms with van der Waals surface area (Å²) in [6.45, 7) is 0. The fraction of sp³-hybridized carbons (Fsp3) is 0.214. The van der Waals surface area contributed by atoms with Crippen LogP contribution in [0.3, 0.4) is 0 Å². The lowest BCUT2D eigenvalue weighted by atomic mass is 10.1. The second-order valence-electron chi connectivity index (χ2n) is 4.39. The topological polar surface area (TPSA) is 47.2 Å². The lowest BCUT2D eigenvalue weighted by Gasteiger charge is -2.14. The zero-order valence-corrected chi connectivity index (χ0v) is 11.5. The number of thiophene rings is 1. The molecule has 98 valence electrons. The molecular weight excluding hydrogens is 260 g/mol. The molecule has 0 spiro atoms. The van der Waals surface area contributed by atoms with Crippen LogP contribution in [0.15, 0.2) is 44.9 Å². The molecule has 0 aliphatic rings. The molecule has 0 saturated heterocycles. The summed E-state index contributed by atoms with van der Waals surface area (Å²) in [6.07, 6.45) is 0. The first kappa shape index (κ1) is 12.2. The van der Waals surface area contributed by atoms with Crippen LogP contribution in [0.4, 0.5) is 0 Å². The lowest BCUT2D eigenvalue weighted by Crippen LogP contribution is -2.16. The van der Waals surface area contributed by atoms with Gasteiger partial charge in [0.25, 0.3) is 0 Å². The minimum Gasteiger partial charge on any atom is -0.408 e. The second kappa shape index (κ2) is 4.68. The van der Waals surface area contributed by atoms with Crippen LogP contribution < -0.4 is 11.1 Å². The number of rotatable bonds is 3. The van der Waals surface area contributed by atoms with Crippen LogP contribution in [0.5, 0.6) is 0 Å². The van der Waals surface area contributed by atoms with Gasteiger partial charge in [-0.1, -0.05) is 12.1 Å². The zero-order valence-electron chi connectivity index (χ0n) is 10.7. The summed E-state index contributed by atoms with van der Waals surface area (Å²) in [7, 11) is 3.64. The molecule has 1 unspecified atom stereocenters. The van der Waals surface area contributed by atoms with Gasteiger partial charge in [0.05, 0.1) is 11.6 Å². The Hall–Kier alpha value is -1.85. The van der Waals surface area contributed by atoms with Crippen molar-refractivity contribution in [1.29, 1.82) is 0 Å². The highest BCUT2D eigenvalue weighted by Gasteiger charge is 2.15. The van der Waals surface area contributed by atoms with E-state index in [0.717, 1.165) is 11.1 Å². The van der Waals surface area contributed by atoms with Crippen LogP contribution >= 0.6 is 11.3 Å². The highest BCUT2D eigenvalue weighted by molar-refractivity contribution is 7.10. The van der Waals surface area contributed by atoms with Crippen molar-refractivity contribution in [3.05, 3.63) is 56.7 Å². The molecule has 2 heterocycles. The molecule has 1 aromatic carbocycles. The third kappa shape index (κ3) is 2.01. The maximum absolute atomic E-state index is 11.5. The van der Waals surface area contributed by atoms with Gasteiger partial charge < -0.3 is 9.73 Å². The van der Waals surface area contributed by atoms with Gasteiger partial charge in [0.2, 0.25) is 0 Å². The Morgan fingerprint density at radius 3 is 2.89 bits per heavy atom. The van der Waals surface area contributed by atoms with Gasteiger partial charge in [-0.2, -0.15) is 0 Å². The predicted molar refractivity (Wildman–Crippen MR) is 76.7 cm³/mol. The van der Waals surface area contributed by atoms with E-state index in [4.69, 9.17) is 4.42 Å². The molecule has 2 aromatic heterocycles. The molecule has 0 saturated carbocycles. The van der Waals surface area contributed by atoms with Crippen molar-refractivity contribution in [3.8, 4) is 0 Å². The van der Waals surface area contributed by atoms with Gasteiger partial charge in [0, 0.05) is 11.9 Å². The highest BCUT2D eigenvalue weighted by Crippen LogP contribution is 2.27. The maximum atomic E-state index is 11.5. The standard InChI is InChI=1S/C14H14N2O2S/c1-15-13(12-4-3-7-19-12)9-5-6-10-11(8-9)18-14(17)16(10)2/h3-8,13,15H,1-2H3. The van der Waals surface area contributed by atoms with Crippen LogP contribution in [0, 0.1) is 0 Å². The molecule has 3 aromatic rings. The van der Waals surface area contributed by atoms with Gasteiger partial charge in [0.1, 0.15) is 0 Å². The van der Waals surface area contributed by atoms with E-state index in [9.17, 15) is 4.79 Å². The molecule has 4 nitrogen and oxygen atoms in total. The van der Waals surface area contributed by atoms with E-state index in [-0.39, 0.29) is 11.8 Å². The molecule has 0 amide bonds. The Morgan fingerprint density at radius 1 is 1.37 bits per heavy atom. The Balaban J connectivity index is 2.12. The average molecular weight is 274 g/mol. The fourth-order valence-corrected chi connectivity index (χ4v) is 3.12. The molecule has 1 N–H and O–H groups in total. The summed E-state index contributed by atoms with van der Waals surface area (Å²) in [5, 5.41) is 5.35. The Kier molecular flexibility index (Phi) is 3.00. The number of aromatic nitrogens is 1. The van der Waals surface area contributed by atoms with Crippen molar-refractivity contribution >= 4 is 22.4 Å². The summed E-state index contributed by atoms with van der Waals surface area (Å²) in [6, 6.07) is 10.1. The molecule has 0 aliphatic heterocycles. The van der Waals surface area contributed by atoms with E-state index < -0.39 is 0 Å². The molecule has 0 fully saturated rings. The number of hydrogen-bond acceptors (Lipinski definition) is 4. The molecule has 3 rings (SSSR count). The van der Waals surface area contributed by atoms with Gasteiger partial charge in [-0.05, 0) is 36.2 Å². The number of nitrogens with one attached hydrogen (secondary N) is 1. The highest BCUT2D eigenvalue weighted by atomic mass is 32.1. The molecule has 5 heteroatoms. The lowest BCUT2D eigenvalue weighted by molar-refractivity contribution is 0.527. The van der Waals surface area contributed by atoms with Crippen molar-refractivity contribution in [3.63, 3.8) is 0 Å². The first-order valence-corrected chi connectivity index (χ1v) is 6.89. The Labute approximate surface area is 114 Å². The number of oxazole rings is 1. The Bertz CT molecular complexity index is 755. The van der Waals surface area contributed by atoms with Crippen molar-refractivity contribution in [2.24, 2.45) is 7.05 Å². The smallest absolute Gasteiger partial charge is 0.408 e. The average Bonchev–Trinajstić information content (AvgIpc) is 3.01. The summed E-state index contributed by atoms with van der Waals surface area (Å²) in [5.41, 5.74) is 2.53. The van der Waals surface area contributed by atoms with Crippen molar-refractivity contribution in [2.75, 3.05) is 7.05 Å². The van der Waals surface area contributed by atoms with Crippen molar-refractivity contribution in [1.82, 2.24) is 9.88 Å². The summed E-state index contributed by atoms with van der Waals surface area (Å²) in [4.78, 5) is 12.7. The molecule has 0 radical (unpaired) electrons. The fourth-order valence-electron chi connectivity index (χ4n) is 2.26. The van der Waals surface area contributed by atoms with Gasteiger partial charge in [-0.15, -0.1) is 11.3 Å². The van der Waals surface area contributed by atoms with Gasteiger partial charge in [0.15, 0.2) is 5.58 Å². The SMILES string of the molecule is CNC(c1ccc2c(c1)oc(=O)n2C)c1cccs1. The molecule has 1 atom stereocenters. The van der Waals surface area contributed by atoms with Crippen LogP contribution in [0.2, 0.25) is 0 Å². The van der Waals surface area contributed by atoms with Gasteiger partial charge in [-0.3, -0.25) is 4.57 Å². The van der Waals surface area contributed by atoms with Gasteiger partial charge in [-0.25, -0.2) is 4.79 Å². The van der Waals surface area contributed by atoms with Crippen LogP contribution in [0.1, 0.15) is 16.5 Å². The predicted octanol–water partition coefficient (Wildman–Crippen LogP) is 2.50. The first-order chi connectivity index (χ1) is 9.20. The quantitative estimate of drug-likeness (QED) is 0.798. The summed E-state index contributed by atoms with van der Waals surface area (Å²) < 4.78 is 6.75. The van der Waals surface area contributed by atoms with Crippen LogP contribution in [-0.4, -0.2) is 11.6 Å². The normalized spacial score (nSPS) is 12.9. The first-order valence-electron chi connectivity index (χ1n) is 6.01. The van der Waals surface area contributed by atoms with E-state index >= 15 is 0 Å². The van der Waals surface area contributed by atoms with Gasteiger partial charge >= 0.3 is 5.76 Å². The number of hydrogen-bond donors (Lipinski definition) is 1. The third-order valence-electron chi connectivity index (χ3n) is 3.27. The number of aryl methyl sites for hydroxylation is 1. The van der Waals surface area contributed by atoms with E-state index in [2.05, 4.69) is 16.8 Å². The van der Waals surface area contributed by atoms with Crippen LogP contribution in [-0.2, 0) is 7.05 Å². The molecule has 0 aliphatic carbocycles. The minimum absolute atomic E-state index is 0.120. The van der Waals surface area contributed by atoms with E-state index in [1.54, 1.807) is 18.4 Å². The summed E-state index contributed by atoms with van der Waals surface area (Å²) in [5.74, 6) is -0.329. The van der Waals surface area contributed by atoms with E-state index in [1.807, 2.05) is 31.3 Å². The van der Waals surface area contributed by atoms with Crippen molar-refractivity contribution in [2.45, 2.75) is 6.04 Å². The molecular formula is C14H14N2O2S. The van der Waals surface area contributed by atoms with Crippen LogP contribution in [0.25, 0.3) is 11.1 Å². The number of nitrogens with zero attached hydrogens (tertiary/aromatic N) is 1. The number of fused-ring (bicyclic) bond motifs is 1. The zero-order chi connectivity index (χ0) is 13.4. The summed E-state index contributed by atoms with van der Waals surface area (Å²) >= 11 is 1.70. The molecule has 0 bridgehead atoms. The maximum Gasteiger partial charge on any atom is 0.419 e. The second-order valence-corrected chi connectivity index (χ2v) is 5.37. The largest absolute Gasteiger partial charge is 0.419 e. The number of benzene rings is 1. The monoisotopic (exact) mass is 274 g/mol. The van der Waals surface area contributed by atoms with Crippen molar-refractivity contribution < 1.29 is 4.42 Å².